The molecule has 1 amide bonds. The first-order chi connectivity index (χ1) is 11.7. The van der Waals surface area contributed by atoms with Crippen molar-refractivity contribution in [2.45, 2.75) is 25.7 Å². The smallest absolute Gasteiger partial charge is 0.230 e. The molecule has 1 aromatic rings. The van der Waals surface area contributed by atoms with Crippen molar-refractivity contribution in [2.75, 3.05) is 16.8 Å². The van der Waals surface area contributed by atoms with Gasteiger partial charge in [-0.3, -0.25) is 4.79 Å². The number of nitrogens with one attached hydrogen (secondary N) is 1. The number of rotatable bonds is 3. The van der Waals surface area contributed by atoms with Crippen LogP contribution in [0.5, 0.6) is 0 Å². The van der Waals surface area contributed by atoms with Crippen molar-refractivity contribution >= 4 is 17.3 Å². The molecule has 0 saturated heterocycles. The summed E-state index contributed by atoms with van der Waals surface area (Å²) in [7, 11) is 0. The lowest BCUT2D eigenvalue weighted by molar-refractivity contribution is -0.119. The summed E-state index contributed by atoms with van der Waals surface area (Å²) in [5, 5.41) is 29.7. The van der Waals surface area contributed by atoms with Crippen LogP contribution in [0.3, 0.4) is 0 Å². The third kappa shape index (κ3) is 2.93. The Labute approximate surface area is 140 Å². The van der Waals surface area contributed by atoms with E-state index in [1.807, 2.05) is 23.1 Å². The molecule has 6 heteroatoms. The summed E-state index contributed by atoms with van der Waals surface area (Å²) in [5.41, 5.74) is 2.27. The molecule has 1 N–H and O–H groups in total. The summed E-state index contributed by atoms with van der Waals surface area (Å²) in [5.74, 6) is 0.376. The van der Waals surface area contributed by atoms with E-state index in [1.54, 1.807) is 18.2 Å². The molecule has 0 unspecified atom stereocenters. The fourth-order valence-corrected chi connectivity index (χ4v) is 2.88. The summed E-state index contributed by atoms with van der Waals surface area (Å²) < 4.78 is 0. The van der Waals surface area contributed by atoms with Gasteiger partial charge in [-0.05, 0) is 49.4 Å². The maximum Gasteiger partial charge on any atom is 0.230 e. The average molecular weight is 317 g/mol. The fourth-order valence-electron chi connectivity index (χ4n) is 2.88. The molecule has 0 atom stereocenters. The molecule has 0 spiro atoms. The Morgan fingerprint density at radius 2 is 1.92 bits per heavy atom. The summed E-state index contributed by atoms with van der Waals surface area (Å²) >= 11 is 0. The van der Waals surface area contributed by atoms with E-state index in [-0.39, 0.29) is 23.1 Å². The molecule has 24 heavy (non-hydrogen) atoms. The number of hydrogen-bond donors (Lipinski definition) is 1. The normalized spacial score (nSPS) is 15.3. The van der Waals surface area contributed by atoms with Crippen molar-refractivity contribution in [3.63, 3.8) is 0 Å². The van der Waals surface area contributed by atoms with Gasteiger partial charge in [0.15, 0.2) is 5.57 Å². The van der Waals surface area contributed by atoms with E-state index in [0.29, 0.717) is 5.69 Å². The van der Waals surface area contributed by atoms with Crippen molar-refractivity contribution in [3.8, 4) is 18.2 Å². The molecular formula is C18H15N5O. The van der Waals surface area contributed by atoms with Gasteiger partial charge in [-0.2, -0.15) is 15.8 Å². The van der Waals surface area contributed by atoms with Crippen LogP contribution in [0.25, 0.3) is 0 Å². The van der Waals surface area contributed by atoms with E-state index >= 15 is 0 Å². The van der Waals surface area contributed by atoms with Gasteiger partial charge in [0.05, 0.1) is 0 Å². The molecule has 2 aliphatic rings. The van der Waals surface area contributed by atoms with E-state index < -0.39 is 0 Å². The van der Waals surface area contributed by atoms with E-state index in [2.05, 4.69) is 5.32 Å². The van der Waals surface area contributed by atoms with E-state index in [1.165, 1.54) is 0 Å². The Balaban J connectivity index is 1.88. The molecule has 1 fully saturated rings. The van der Waals surface area contributed by atoms with E-state index in [9.17, 15) is 4.79 Å². The Kier molecular flexibility index (Phi) is 4.18. The number of fused-ring (bicyclic) bond motifs is 1. The zero-order valence-electron chi connectivity index (χ0n) is 13.0. The van der Waals surface area contributed by atoms with Gasteiger partial charge < -0.3 is 10.2 Å². The van der Waals surface area contributed by atoms with Crippen molar-refractivity contribution < 1.29 is 4.79 Å². The second kappa shape index (κ2) is 6.44. The minimum absolute atomic E-state index is 0.0679. The molecule has 1 heterocycles. The number of carbonyl (C=O) groups is 1. The van der Waals surface area contributed by atoms with Crippen LogP contribution in [0, 0.1) is 39.9 Å². The molecule has 0 radical (unpaired) electrons. The van der Waals surface area contributed by atoms with Crippen LogP contribution in [0.1, 0.15) is 24.8 Å². The van der Waals surface area contributed by atoms with Crippen LogP contribution in [0.15, 0.2) is 29.5 Å². The molecule has 0 bridgehead atoms. The maximum atomic E-state index is 12.4. The van der Waals surface area contributed by atoms with Crippen LogP contribution < -0.4 is 10.2 Å². The van der Waals surface area contributed by atoms with E-state index in [4.69, 9.17) is 15.8 Å². The predicted octanol–water partition coefficient (Wildman–Crippen LogP) is 2.61. The number of nitrogens with zero attached hydrogens (tertiary/aromatic N) is 4. The highest BCUT2D eigenvalue weighted by Crippen LogP contribution is 2.36. The lowest BCUT2D eigenvalue weighted by Crippen LogP contribution is -2.36. The standard InChI is InChI=1S/C18H15N5O/c19-9-14(10-20)16(11-21)22-15-5-6-17-13(8-15)2-1-7-23(17)18(24)12-3-4-12/h5-6,8,12,22H,1-4,7H2. The van der Waals surface area contributed by atoms with Crippen LogP contribution in [0.2, 0.25) is 0 Å². The first-order valence-electron chi connectivity index (χ1n) is 7.84. The van der Waals surface area contributed by atoms with Gasteiger partial charge in [0.25, 0.3) is 0 Å². The minimum Gasteiger partial charge on any atom is -0.345 e. The van der Waals surface area contributed by atoms with E-state index in [0.717, 1.165) is 43.5 Å². The van der Waals surface area contributed by atoms with Crippen molar-refractivity contribution in [2.24, 2.45) is 5.92 Å². The van der Waals surface area contributed by atoms with Crippen LogP contribution >= 0.6 is 0 Å². The second-order valence-electron chi connectivity index (χ2n) is 5.92. The van der Waals surface area contributed by atoms with Gasteiger partial charge >= 0.3 is 0 Å². The molecule has 1 aliphatic carbocycles. The number of aryl methyl sites for hydroxylation is 1. The summed E-state index contributed by atoms with van der Waals surface area (Å²) in [6.45, 7) is 0.742. The largest absolute Gasteiger partial charge is 0.345 e. The Morgan fingerprint density at radius 3 is 2.54 bits per heavy atom. The Morgan fingerprint density at radius 1 is 1.17 bits per heavy atom. The van der Waals surface area contributed by atoms with Crippen LogP contribution in [-0.2, 0) is 11.2 Å². The number of nitriles is 3. The average Bonchev–Trinajstić information content (AvgIpc) is 3.45. The van der Waals surface area contributed by atoms with Crippen LogP contribution in [0.4, 0.5) is 11.4 Å². The highest BCUT2D eigenvalue weighted by atomic mass is 16.2. The van der Waals surface area contributed by atoms with Gasteiger partial charge in [-0.15, -0.1) is 0 Å². The number of carbonyl (C=O) groups excluding carboxylic acids is 1. The van der Waals surface area contributed by atoms with Gasteiger partial charge in [0.1, 0.15) is 23.9 Å². The van der Waals surface area contributed by atoms with Gasteiger partial charge in [0.2, 0.25) is 5.91 Å². The third-order valence-corrected chi connectivity index (χ3v) is 4.25. The number of hydrogen-bond acceptors (Lipinski definition) is 5. The van der Waals surface area contributed by atoms with Gasteiger partial charge in [0, 0.05) is 23.8 Å². The first-order valence-corrected chi connectivity index (χ1v) is 7.84. The quantitative estimate of drug-likeness (QED) is 0.863. The lowest BCUT2D eigenvalue weighted by Gasteiger charge is -2.30. The van der Waals surface area contributed by atoms with Crippen molar-refractivity contribution in [1.82, 2.24) is 0 Å². The highest BCUT2D eigenvalue weighted by molar-refractivity contribution is 5.97. The van der Waals surface area contributed by atoms with Crippen molar-refractivity contribution in [1.29, 1.82) is 15.8 Å². The molecule has 1 aromatic carbocycles. The predicted molar refractivity (Wildman–Crippen MR) is 87.3 cm³/mol. The monoisotopic (exact) mass is 317 g/mol. The Bertz CT molecular complexity index is 830. The molecule has 3 rings (SSSR count). The van der Waals surface area contributed by atoms with Gasteiger partial charge in [-0.25, -0.2) is 0 Å². The summed E-state index contributed by atoms with van der Waals surface area (Å²) in [6, 6.07) is 10.8. The van der Waals surface area contributed by atoms with Crippen molar-refractivity contribution in [3.05, 3.63) is 35.0 Å². The molecule has 0 aromatic heterocycles. The highest BCUT2D eigenvalue weighted by Gasteiger charge is 2.35. The molecule has 6 nitrogen and oxygen atoms in total. The lowest BCUT2D eigenvalue weighted by atomic mass is 10.00. The zero-order valence-corrected chi connectivity index (χ0v) is 13.0. The number of amides is 1. The van der Waals surface area contributed by atoms with Gasteiger partial charge in [-0.1, -0.05) is 0 Å². The third-order valence-electron chi connectivity index (χ3n) is 4.25. The Hall–Kier alpha value is -3.30. The summed E-state index contributed by atoms with van der Waals surface area (Å²) in [4.78, 5) is 14.2. The maximum absolute atomic E-state index is 12.4. The fraction of sp³-hybridized carbons (Fsp3) is 0.333. The second-order valence-corrected chi connectivity index (χ2v) is 5.92. The SMILES string of the molecule is N#CC(C#N)=C(C#N)Nc1ccc2c(c1)CCCN2C(=O)C1CC1. The zero-order chi connectivity index (χ0) is 17.1. The number of benzene rings is 1. The molecule has 1 saturated carbocycles. The van der Waals surface area contributed by atoms with Crippen LogP contribution in [-0.4, -0.2) is 12.5 Å². The topological polar surface area (TPSA) is 104 Å². The molecule has 118 valence electrons. The summed E-state index contributed by atoms with van der Waals surface area (Å²) in [6.07, 6.45) is 3.71. The number of allylic oxidation sites excluding steroid dienone is 2. The molecule has 1 aliphatic heterocycles. The molecular weight excluding hydrogens is 302 g/mol. The minimum atomic E-state index is -0.249. The first kappa shape index (κ1) is 15.6. The number of anilines is 2.